The topological polar surface area (TPSA) is 71.1 Å². The van der Waals surface area contributed by atoms with Crippen molar-refractivity contribution in [3.05, 3.63) is 23.8 Å². The van der Waals surface area contributed by atoms with Crippen molar-refractivity contribution < 1.29 is 4.74 Å². The fraction of sp³-hybridized carbons (Fsp3) is 0.588. The Hall–Kier alpha value is -1.73. The van der Waals surface area contributed by atoms with Crippen molar-refractivity contribution in [3.63, 3.8) is 0 Å². The third-order valence-electron chi connectivity index (χ3n) is 4.56. The fourth-order valence-electron chi connectivity index (χ4n) is 3.06. The molecule has 1 aromatic rings. The predicted molar refractivity (Wildman–Crippen MR) is 86.1 cm³/mol. The average molecular weight is 287 g/mol. The summed E-state index contributed by atoms with van der Waals surface area (Å²) in [5.74, 6) is 0. The lowest BCUT2D eigenvalue weighted by atomic mass is 9.86. The van der Waals surface area contributed by atoms with Gasteiger partial charge in [0, 0.05) is 24.0 Å². The summed E-state index contributed by atoms with van der Waals surface area (Å²) < 4.78 is 6.01. The molecule has 2 rings (SSSR count). The van der Waals surface area contributed by atoms with Crippen molar-refractivity contribution in [2.45, 2.75) is 57.6 Å². The van der Waals surface area contributed by atoms with Crippen LogP contribution >= 0.6 is 0 Å². The number of nitrogens with two attached hydrogens (primary N) is 1. The van der Waals surface area contributed by atoms with Gasteiger partial charge in [-0.3, -0.25) is 0 Å². The monoisotopic (exact) mass is 287 g/mol. The van der Waals surface area contributed by atoms with Gasteiger partial charge in [0.15, 0.2) is 0 Å². The lowest BCUT2D eigenvalue weighted by Crippen LogP contribution is -2.43. The molecule has 0 amide bonds. The molecule has 1 saturated heterocycles. The molecule has 4 nitrogen and oxygen atoms in total. The molecule has 0 aliphatic carbocycles. The summed E-state index contributed by atoms with van der Waals surface area (Å²) in [6.07, 6.45) is 4.48. The number of hydrogen-bond acceptors (Lipinski definition) is 4. The van der Waals surface area contributed by atoms with E-state index in [1.165, 1.54) is 0 Å². The second-order valence-electron chi connectivity index (χ2n) is 5.82. The van der Waals surface area contributed by atoms with Crippen LogP contribution in [0.25, 0.3) is 0 Å². The van der Waals surface area contributed by atoms with Crippen molar-refractivity contribution in [3.8, 4) is 6.07 Å². The van der Waals surface area contributed by atoms with Gasteiger partial charge < -0.3 is 15.8 Å². The Balaban J connectivity index is 2.08. The van der Waals surface area contributed by atoms with Crippen LogP contribution in [0.3, 0.4) is 0 Å². The SMILES string of the molecule is CCC1(CC)CC(Nc2ccc(N)c(CC#N)c2)CCO1. The van der Waals surface area contributed by atoms with Crippen LogP contribution in [0.2, 0.25) is 0 Å². The van der Waals surface area contributed by atoms with E-state index in [-0.39, 0.29) is 5.60 Å². The van der Waals surface area contributed by atoms with E-state index in [9.17, 15) is 0 Å². The van der Waals surface area contributed by atoms with Crippen LogP contribution < -0.4 is 11.1 Å². The molecular weight excluding hydrogens is 262 g/mol. The molecule has 0 radical (unpaired) electrons. The third kappa shape index (κ3) is 3.68. The van der Waals surface area contributed by atoms with E-state index >= 15 is 0 Å². The normalized spacial score (nSPS) is 20.7. The van der Waals surface area contributed by atoms with Gasteiger partial charge in [-0.25, -0.2) is 0 Å². The molecule has 4 heteroatoms. The van der Waals surface area contributed by atoms with E-state index in [1.54, 1.807) is 0 Å². The Labute approximate surface area is 127 Å². The van der Waals surface area contributed by atoms with Crippen LogP contribution in [0.4, 0.5) is 11.4 Å². The van der Waals surface area contributed by atoms with Crippen LogP contribution in [0.1, 0.15) is 45.1 Å². The highest BCUT2D eigenvalue weighted by molar-refractivity contribution is 5.58. The van der Waals surface area contributed by atoms with E-state index in [0.29, 0.717) is 18.2 Å². The van der Waals surface area contributed by atoms with E-state index in [0.717, 1.165) is 43.5 Å². The lowest BCUT2D eigenvalue weighted by Gasteiger charge is -2.40. The fourth-order valence-corrected chi connectivity index (χ4v) is 3.06. The third-order valence-corrected chi connectivity index (χ3v) is 4.56. The zero-order valence-corrected chi connectivity index (χ0v) is 13.0. The van der Waals surface area contributed by atoms with Gasteiger partial charge in [0.1, 0.15) is 0 Å². The number of nitriles is 1. The largest absolute Gasteiger partial charge is 0.398 e. The van der Waals surface area contributed by atoms with Gasteiger partial charge in [0.25, 0.3) is 0 Å². The standard InChI is InChI=1S/C17H25N3O/c1-3-17(4-2)12-15(8-10-21-17)20-14-5-6-16(19)13(11-14)7-9-18/h5-6,11,15,20H,3-4,7-8,10,12,19H2,1-2H3. The maximum atomic E-state index is 8.85. The Kier molecular flexibility index (Phi) is 5.08. The molecule has 0 spiro atoms. The highest BCUT2D eigenvalue weighted by Gasteiger charge is 2.34. The number of hydrogen-bond donors (Lipinski definition) is 2. The Bertz CT molecular complexity index is 517. The number of rotatable bonds is 5. The van der Waals surface area contributed by atoms with Crippen LogP contribution in [0, 0.1) is 11.3 Å². The minimum atomic E-state index is 0.0131. The molecule has 0 bridgehead atoms. The first kappa shape index (κ1) is 15.7. The minimum absolute atomic E-state index is 0.0131. The van der Waals surface area contributed by atoms with E-state index in [4.69, 9.17) is 15.7 Å². The number of nitrogens with one attached hydrogen (secondary N) is 1. The first-order valence-corrected chi connectivity index (χ1v) is 7.78. The number of nitrogen functional groups attached to an aromatic ring is 1. The summed E-state index contributed by atoms with van der Waals surface area (Å²) in [4.78, 5) is 0. The number of anilines is 2. The zero-order valence-electron chi connectivity index (χ0n) is 13.0. The van der Waals surface area contributed by atoms with Gasteiger partial charge in [-0.1, -0.05) is 13.8 Å². The lowest BCUT2D eigenvalue weighted by molar-refractivity contribution is -0.0864. The first-order chi connectivity index (χ1) is 10.1. The van der Waals surface area contributed by atoms with Crippen LogP contribution in [-0.2, 0) is 11.2 Å². The quantitative estimate of drug-likeness (QED) is 0.813. The molecule has 1 heterocycles. The smallest absolute Gasteiger partial charge is 0.0696 e. The Morgan fingerprint density at radius 2 is 2.19 bits per heavy atom. The Morgan fingerprint density at radius 3 is 2.86 bits per heavy atom. The summed E-state index contributed by atoms with van der Waals surface area (Å²) in [5, 5.41) is 12.4. The summed E-state index contributed by atoms with van der Waals surface area (Å²) in [5.41, 5.74) is 8.53. The van der Waals surface area contributed by atoms with Gasteiger partial charge in [0.05, 0.1) is 18.1 Å². The number of nitrogens with zero attached hydrogens (tertiary/aromatic N) is 1. The van der Waals surface area contributed by atoms with Crippen molar-refractivity contribution in [1.29, 1.82) is 5.26 Å². The molecule has 1 unspecified atom stereocenters. The molecule has 1 aromatic carbocycles. The maximum Gasteiger partial charge on any atom is 0.0696 e. The molecule has 114 valence electrons. The molecule has 1 atom stereocenters. The van der Waals surface area contributed by atoms with E-state index < -0.39 is 0 Å². The summed E-state index contributed by atoms with van der Waals surface area (Å²) in [6.45, 7) is 5.19. The predicted octanol–water partition coefficient (Wildman–Crippen LogP) is 3.48. The van der Waals surface area contributed by atoms with Crippen molar-refractivity contribution in [2.24, 2.45) is 0 Å². The van der Waals surface area contributed by atoms with Gasteiger partial charge >= 0.3 is 0 Å². The summed E-state index contributed by atoms with van der Waals surface area (Å²) in [6, 6.07) is 8.43. The number of benzene rings is 1. The molecular formula is C17H25N3O. The van der Waals surface area contributed by atoms with Gasteiger partial charge in [-0.2, -0.15) is 5.26 Å². The first-order valence-electron chi connectivity index (χ1n) is 7.78. The van der Waals surface area contributed by atoms with Crippen LogP contribution in [0.15, 0.2) is 18.2 Å². The highest BCUT2D eigenvalue weighted by atomic mass is 16.5. The second kappa shape index (κ2) is 6.82. The van der Waals surface area contributed by atoms with Crippen LogP contribution in [0.5, 0.6) is 0 Å². The van der Waals surface area contributed by atoms with Crippen molar-refractivity contribution in [2.75, 3.05) is 17.7 Å². The average Bonchev–Trinajstić information content (AvgIpc) is 2.51. The molecule has 1 fully saturated rings. The summed E-state index contributed by atoms with van der Waals surface area (Å²) in [7, 11) is 0. The van der Waals surface area contributed by atoms with E-state index in [1.807, 2.05) is 18.2 Å². The Morgan fingerprint density at radius 1 is 1.43 bits per heavy atom. The van der Waals surface area contributed by atoms with Crippen molar-refractivity contribution >= 4 is 11.4 Å². The molecule has 3 N–H and O–H groups in total. The van der Waals surface area contributed by atoms with Gasteiger partial charge in [-0.05, 0) is 49.4 Å². The van der Waals surface area contributed by atoms with Crippen molar-refractivity contribution in [1.82, 2.24) is 0 Å². The maximum absolute atomic E-state index is 8.85. The van der Waals surface area contributed by atoms with E-state index in [2.05, 4.69) is 25.2 Å². The molecule has 1 aliphatic rings. The molecule has 0 saturated carbocycles. The molecule has 1 aliphatic heterocycles. The van der Waals surface area contributed by atoms with Gasteiger partial charge in [0.2, 0.25) is 0 Å². The molecule has 21 heavy (non-hydrogen) atoms. The second-order valence-corrected chi connectivity index (χ2v) is 5.82. The highest BCUT2D eigenvalue weighted by Crippen LogP contribution is 2.33. The zero-order chi connectivity index (χ0) is 15.3. The van der Waals surface area contributed by atoms with Crippen LogP contribution in [-0.4, -0.2) is 18.2 Å². The molecule has 0 aromatic heterocycles. The number of ether oxygens (including phenoxy) is 1. The van der Waals surface area contributed by atoms with Gasteiger partial charge in [-0.15, -0.1) is 0 Å². The summed E-state index contributed by atoms with van der Waals surface area (Å²) >= 11 is 0. The minimum Gasteiger partial charge on any atom is -0.398 e.